The number of hydrogen-bond acceptors (Lipinski definition) is 9. The molecule has 572 valence electrons. The second kappa shape index (κ2) is 82.6. The van der Waals surface area contributed by atoms with Crippen LogP contribution in [0.25, 0.3) is 0 Å². The van der Waals surface area contributed by atoms with Gasteiger partial charge < -0.3 is 30.8 Å². The van der Waals surface area contributed by atoms with Gasteiger partial charge in [0.1, 0.15) is 0 Å². The maximum absolute atomic E-state index is 11.6. The fourth-order valence-corrected chi connectivity index (χ4v) is 12.2. The van der Waals surface area contributed by atoms with Crippen molar-refractivity contribution in [2.75, 3.05) is 72.0 Å². The highest BCUT2D eigenvalue weighted by atomic mass is 16.3. The number of aliphatic hydroxyl groups excluding tert-OH is 5. The van der Waals surface area contributed by atoms with Gasteiger partial charge in [0.2, 0.25) is 0 Å². The molecule has 0 aromatic heterocycles. The average molecular weight is 1430 g/mol. The van der Waals surface area contributed by atoms with Crippen molar-refractivity contribution in [1.82, 2.24) is 20.0 Å². The van der Waals surface area contributed by atoms with Gasteiger partial charge in [0.15, 0.2) is 0 Å². The molecule has 9 nitrogen and oxygen atoms in total. The van der Waals surface area contributed by atoms with Crippen LogP contribution in [0.5, 0.6) is 0 Å². The zero-order valence-corrected chi connectivity index (χ0v) is 66.1. The van der Waals surface area contributed by atoms with Crippen LogP contribution in [0.4, 0.5) is 0 Å². The number of hydrogen-bond donors (Lipinski definition) is 6. The Morgan fingerprint density at radius 1 is 0.257 bits per heavy atom. The third-order valence-electron chi connectivity index (χ3n) is 18.2. The minimum Gasteiger partial charge on any atom is -0.392 e. The first-order valence-electron chi connectivity index (χ1n) is 41.2. The number of unbranched alkanes of at least 4 members (excludes halogenated alkanes) is 39. The Balaban J connectivity index is 6.83. The average Bonchev–Trinajstić information content (AvgIpc) is 0.941. The zero-order valence-electron chi connectivity index (χ0n) is 66.1. The van der Waals surface area contributed by atoms with Gasteiger partial charge in [-0.05, 0) is 182 Å². The zero-order chi connectivity index (χ0) is 76.1. The molecule has 0 radical (unpaired) electrons. The Morgan fingerprint density at radius 2 is 0.476 bits per heavy atom. The van der Waals surface area contributed by atoms with Crippen molar-refractivity contribution in [2.24, 2.45) is 0 Å². The lowest BCUT2D eigenvalue weighted by Gasteiger charge is -2.32. The molecule has 0 bridgehead atoms. The molecule has 0 saturated carbocycles. The Morgan fingerprint density at radius 3 is 0.733 bits per heavy atom. The highest BCUT2D eigenvalue weighted by molar-refractivity contribution is 4.97. The molecule has 5 unspecified atom stereocenters. The van der Waals surface area contributed by atoms with Gasteiger partial charge >= 0.3 is 0 Å². The summed E-state index contributed by atoms with van der Waals surface area (Å²) in [5.74, 6) is 0. The van der Waals surface area contributed by atoms with E-state index < -0.39 is 30.5 Å². The van der Waals surface area contributed by atoms with Crippen LogP contribution in [-0.4, -0.2) is 143 Å². The number of nitrogens with one attached hydrogen (secondary N) is 1. The van der Waals surface area contributed by atoms with Crippen molar-refractivity contribution in [3.05, 3.63) is 186 Å². The lowest BCUT2D eigenvalue weighted by Crippen LogP contribution is -2.47. The largest absolute Gasteiger partial charge is 0.392 e. The first-order chi connectivity index (χ1) is 51.7. The Bertz CT molecular complexity index is 3170. The number of aliphatic hydroxyl groups is 5. The predicted molar refractivity (Wildman–Crippen MR) is 436 cm³/mol. The van der Waals surface area contributed by atoms with Crippen LogP contribution in [0.3, 0.4) is 0 Å². The molecule has 0 spiro atoms. The fraction of sp³-hybridized carbons (Fsp3) is 0.667. The first kappa shape index (κ1) is 98.0. The van der Waals surface area contributed by atoms with Gasteiger partial charge in [-0.2, -0.15) is 0 Å². The normalized spacial score (nSPS) is 11.3. The van der Waals surface area contributed by atoms with Crippen LogP contribution < -0.4 is 5.32 Å². The molecule has 0 fully saturated rings. The van der Waals surface area contributed by atoms with E-state index in [4.69, 9.17) is 0 Å². The summed E-state index contributed by atoms with van der Waals surface area (Å²) in [5, 5.41) is 60.9. The maximum Gasteiger partial charge on any atom is 0.0927 e. The van der Waals surface area contributed by atoms with E-state index in [1.807, 2.05) is 0 Å². The van der Waals surface area contributed by atoms with Crippen molar-refractivity contribution in [2.45, 2.75) is 340 Å². The highest BCUT2D eigenvalue weighted by Crippen LogP contribution is 2.18. The van der Waals surface area contributed by atoms with Crippen LogP contribution in [0, 0.1) is 0 Å². The van der Waals surface area contributed by atoms with E-state index in [0.717, 1.165) is 44.9 Å². The summed E-state index contributed by atoms with van der Waals surface area (Å²) in [5.41, 5.74) is 73.2. The Labute approximate surface area is 640 Å². The van der Waals surface area contributed by atoms with Crippen LogP contribution >= 0.6 is 0 Å². The lowest BCUT2D eigenvalue weighted by atomic mass is 10.0. The van der Waals surface area contributed by atoms with Crippen LogP contribution in [0.1, 0.15) is 310 Å². The third-order valence-corrected chi connectivity index (χ3v) is 18.2. The summed E-state index contributed by atoms with van der Waals surface area (Å²) in [7, 11) is 0. The molecular weight excluding hydrogens is 1290 g/mol. The van der Waals surface area contributed by atoms with E-state index in [0.29, 0.717) is 71.7 Å². The van der Waals surface area contributed by atoms with E-state index >= 15 is 0 Å². The predicted octanol–water partition coefficient (Wildman–Crippen LogP) is 20.6. The van der Waals surface area contributed by atoms with E-state index in [-0.39, 0.29) is 13.1 Å². The minimum absolute atomic E-state index is 0.253. The van der Waals surface area contributed by atoms with Crippen molar-refractivity contribution in [3.63, 3.8) is 0 Å². The minimum atomic E-state index is -0.922. The van der Waals surface area contributed by atoms with Gasteiger partial charge in [0, 0.05) is 72.0 Å². The Kier molecular flexibility index (Phi) is 77.1. The molecule has 0 aromatic carbocycles. The van der Waals surface area contributed by atoms with E-state index in [1.165, 1.54) is 243 Å². The van der Waals surface area contributed by atoms with Gasteiger partial charge in [0.25, 0.3) is 0 Å². The molecule has 0 rings (SSSR count). The van der Waals surface area contributed by atoms with Gasteiger partial charge in [-0.25, -0.2) is 0 Å². The second-order valence-corrected chi connectivity index (χ2v) is 27.8. The SMILES string of the molecule is C=C=C=C=C=C=C=C=C=C=C=C=C=C=C=CC(O)CN(CCN(CCNCC(O)CCCCCCCCCCCCCCCC)CCN(CC(O)C=C=C=C=C=C=C=C=C=C=C=C=C=C=C=C)CC(O)CCCCCCCCCCCCCCCC)CC(O)CCCCCCCCCCCCCCCC. The first-order valence-corrected chi connectivity index (χ1v) is 41.2. The molecule has 0 heterocycles. The molecule has 5 atom stereocenters. The number of nitrogens with zero attached hydrogens (tertiary/aromatic N) is 3. The summed E-state index contributed by atoms with van der Waals surface area (Å²) < 4.78 is 0. The summed E-state index contributed by atoms with van der Waals surface area (Å²) in [6.45, 7) is 19.0. The smallest absolute Gasteiger partial charge is 0.0927 e. The number of rotatable bonds is 66. The summed E-state index contributed by atoms with van der Waals surface area (Å²) in [6.07, 6.45) is 55.4. The van der Waals surface area contributed by atoms with E-state index in [9.17, 15) is 25.5 Å². The van der Waals surface area contributed by atoms with Crippen molar-refractivity contribution >= 4 is 0 Å². The molecule has 0 amide bonds. The summed E-state index contributed by atoms with van der Waals surface area (Å²) in [6, 6.07) is 0. The highest BCUT2D eigenvalue weighted by Gasteiger charge is 2.20. The Hall–Kier alpha value is -7.04. The second-order valence-electron chi connectivity index (χ2n) is 27.8. The topological polar surface area (TPSA) is 123 Å². The van der Waals surface area contributed by atoms with E-state index in [1.54, 1.807) is 0 Å². The van der Waals surface area contributed by atoms with Crippen molar-refractivity contribution < 1.29 is 25.5 Å². The molecule has 0 aliphatic rings. The molecule has 0 saturated heterocycles. The molecular formula is C96H138N4O5. The molecule has 0 aliphatic heterocycles. The maximum atomic E-state index is 11.6. The van der Waals surface area contributed by atoms with Gasteiger partial charge in [0.05, 0.1) is 30.5 Å². The fourth-order valence-electron chi connectivity index (χ4n) is 12.2. The van der Waals surface area contributed by atoms with Crippen molar-refractivity contribution in [1.29, 1.82) is 0 Å². The lowest BCUT2D eigenvalue weighted by molar-refractivity contribution is 0.0618. The molecule has 105 heavy (non-hydrogen) atoms. The monoisotopic (exact) mass is 1430 g/mol. The standard InChI is InChI=1S/C96H138N4O5/c1-6-11-16-21-26-31-36-41-46-51-56-61-66-71-76-92(101)87-97-81-82-98(83-85-99(88-93(102)77-72-67-62-57-52-47-42-37-32-27-22-17-12-7-2)89-94(103)78-73-68-63-58-53-48-43-38-33-28-23-18-13-8-3)84-86-100(90-95(104)79-74-69-64-59-54-49-44-39-34-29-24-19-14-9-4)91-96(105)80-75-70-65-60-55-50-45-40-35-30-25-20-15-10-5/h77,79,92-97,101-105H,2,4,6,8,10-11,13,15-16,18,20-21,23,25-26,28,30-31,33,35-36,38,40-41,43,45-46,48,50-51,53,55-56,58,60-61,63,65-66,68,70-71,73,75-76,78,80-91H2,1,3,5H3. The van der Waals surface area contributed by atoms with Gasteiger partial charge in [-0.3, -0.25) is 14.7 Å². The molecule has 6 N–H and O–H groups in total. The molecule has 0 aliphatic carbocycles. The van der Waals surface area contributed by atoms with Gasteiger partial charge in [-0.1, -0.05) is 313 Å². The van der Waals surface area contributed by atoms with E-state index in [2.05, 4.69) is 214 Å². The molecule has 9 heteroatoms. The molecule has 0 aromatic rings. The van der Waals surface area contributed by atoms with Gasteiger partial charge in [-0.15, -0.1) is 0 Å². The summed E-state index contributed by atoms with van der Waals surface area (Å²) in [4.78, 5) is 6.62. The summed E-state index contributed by atoms with van der Waals surface area (Å²) >= 11 is 0. The van der Waals surface area contributed by atoms with Crippen molar-refractivity contribution in [3.8, 4) is 0 Å². The van der Waals surface area contributed by atoms with Crippen LogP contribution in [0.15, 0.2) is 186 Å². The third kappa shape index (κ3) is 77.9. The van der Waals surface area contributed by atoms with Crippen LogP contribution in [-0.2, 0) is 0 Å². The van der Waals surface area contributed by atoms with Crippen LogP contribution in [0.2, 0.25) is 0 Å². The quantitative estimate of drug-likeness (QED) is 0.0261.